The Morgan fingerprint density at radius 2 is 2.24 bits per heavy atom. The third-order valence-electron chi connectivity index (χ3n) is 1.93. The van der Waals surface area contributed by atoms with Crippen LogP contribution in [0.5, 0.6) is 0 Å². The zero-order chi connectivity index (χ0) is 13.1. The Morgan fingerprint density at radius 1 is 1.53 bits per heavy atom. The number of nitrogens with two attached hydrogens (primary N) is 1. The molecule has 7 nitrogen and oxygen atoms in total. The molecule has 0 aliphatic heterocycles. The molecule has 0 fully saturated rings. The summed E-state index contributed by atoms with van der Waals surface area (Å²) in [5.74, 6) is -1.42. The highest BCUT2D eigenvalue weighted by atomic mass is 16.7. The van der Waals surface area contributed by atoms with Crippen LogP contribution < -0.4 is 11.1 Å². The lowest BCUT2D eigenvalue weighted by atomic mass is 10.1. The molecule has 0 saturated carbocycles. The molecule has 0 unspecified atom stereocenters. The molecule has 4 N–H and O–H groups in total. The fraction of sp³-hybridized carbons (Fsp3) is 0.700. The Kier molecular flexibility index (Phi) is 8.89. The van der Waals surface area contributed by atoms with Gasteiger partial charge >= 0.3 is 11.9 Å². The van der Waals surface area contributed by atoms with Crippen molar-refractivity contribution in [3.8, 4) is 0 Å². The van der Waals surface area contributed by atoms with Crippen LogP contribution in [0.3, 0.4) is 0 Å². The molecule has 0 aromatic rings. The van der Waals surface area contributed by atoms with Crippen LogP contribution >= 0.6 is 0 Å². The van der Waals surface area contributed by atoms with Crippen molar-refractivity contribution in [2.24, 2.45) is 10.9 Å². The molecule has 17 heavy (non-hydrogen) atoms. The minimum absolute atomic E-state index is 0.455. The van der Waals surface area contributed by atoms with E-state index >= 15 is 0 Å². The van der Waals surface area contributed by atoms with E-state index in [0.29, 0.717) is 13.0 Å². The second kappa shape index (κ2) is 9.73. The van der Waals surface area contributed by atoms with Crippen molar-refractivity contribution in [1.82, 2.24) is 5.32 Å². The zero-order valence-electron chi connectivity index (χ0n) is 9.89. The number of carbonyl (C=O) groups is 2. The molecule has 0 rings (SSSR count). The molecule has 0 saturated heterocycles. The molecule has 0 bridgehead atoms. The third kappa shape index (κ3) is 10.8. The van der Waals surface area contributed by atoms with Crippen molar-refractivity contribution in [2.45, 2.75) is 32.2 Å². The van der Waals surface area contributed by atoms with Gasteiger partial charge in [0.1, 0.15) is 6.04 Å². The highest BCUT2D eigenvalue weighted by Gasteiger charge is 2.09. The molecule has 0 amide bonds. The topological polar surface area (TPSA) is 114 Å². The Balaban J connectivity index is 3.27. The number of aliphatic carboxylic acids is 1. The maximum Gasteiger partial charge on any atom is 0.331 e. The van der Waals surface area contributed by atoms with E-state index in [1.165, 1.54) is 13.1 Å². The quantitative estimate of drug-likeness (QED) is 0.222. The van der Waals surface area contributed by atoms with Crippen molar-refractivity contribution >= 4 is 18.2 Å². The lowest BCUT2D eigenvalue weighted by molar-refractivity contribution is -0.141. The average Bonchev–Trinajstić information content (AvgIpc) is 2.25. The van der Waals surface area contributed by atoms with Crippen LogP contribution in [0.4, 0.5) is 0 Å². The number of unbranched alkanes of at least 4 members (excludes halogenated alkanes) is 1. The van der Waals surface area contributed by atoms with Gasteiger partial charge in [-0.05, 0) is 19.4 Å². The van der Waals surface area contributed by atoms with Gasteiger partial charge < -0.3 is 21.0 Å². The Hall–Kier alpha value is -1.47. The first-order chi connectivity index (χ1) is 8.04. The number of hydrogen-bond acceptors (Lipinski definition) is 6. The lowest BCUT2D eigenvalue weighted by Gasteiger charge is -2.05. The van der Waals surface area contributed by atoms with E-state index in [1.807, 2.05) is 0 Å². The summed E-state index contributed by atoms with van der Waals surface area (Å²) in [6, 6.07) is -0.777. The van der Waals surface area contributed by atoms with Gasteiger partial charge in [-0.3, -0.25) is 4.79 Å². The Labute approximate surface area is 100.0 Å². The summed E-state index contributed by atoms with van der Waals surface area (Å²) in [6.07, 6.45) is 3.51. The molecule has 0 aromatic carbocycles. The van der Waals surface area contributed by atoms with E-state index in [4.69, 9.17) is 10.8 Å². The number of carbonyl (C=O) groups excluding carboxylic acids is 1. The molecule has 0 aliphatic carbocycles. The highest BCUT2D eigenvalue weighted by Crippen LogP contribution is 1.97. The minimum atomic E-state index is -0.966. The fourth-order valence-electron chi connectivity index (χ4n) is 1.05. The monoisotopic (exact) mass is 245 g/mol. The second-order valence-corrected chi connectivity index (χ2v) is 3.52. The number of rotatable bonds is 9. The van der Waals surface area contributed by atoms with Gasteiger partial charge in [0.05, 0.1) is 6.21 Å². The number of nitrogens with one attached hydrogen (secondary N) is 1. The van der Waals surface area contributed by atoms with Crippen molar-refractivity contribution in [3.63, 3.8) is 0 Å². The van der Waals surface area contributed by atoms with Gasteiger partial charge in [-0.2, -0.15) is 0 Å². The zero-order valence-corrected chi connectivity index (χ0v) is 9.89. The summed E-state index contributed by atoms with van der Waals surface area (Å²) in [6.45, 7) is 2.51. The summed E-state index contributed by atoms with van der Waals surface area (Å²) >= 11 is 0. The fourth-order valence-corrected chi connectivity index (χ4v) is 1.05. The van der Waals surface area contributed by atoms with Crippen molar-refractivity contribution < 1.29 is 19.5 Å². The molecule has 7 heteroatoms. The van der Waals surface area contributed by atoms with Crippen molar-refractivity contribution in [3.05, 3.63) is 0 Å². The summed E-state index contributed by atoms with van der Waals surface area (Å²) in [4.78, 5) is 25.0. The Bertz CT molecular complexity index is 268. The maximum atomic E-state index is 10.4. The van der Waals surface area contributed by atoms with Gasteiger partial charge in [-0.25, -0.2) is 4.79 Å². The van der Waals surface area contributed by atoms with Crippen LogP contribution in [0, 0.1) is 0 Å². The van der Waals surface area contributed by atoms with Crippen LogP contribution in [0.25, 0.3) is 0 Å². The summed E-state index contributed by atoms with van der Waals surface area (Å²) < 4.78 is 0. The van der Waals surface area contributed by atoms with E-state index < -0.39 is 18.0 Å². The Morgan fingerprint density at radius 3 is 2.82 bits per heavy atom. The molecule has 0 spiro atoms. The molecule has 0 heterocycles. The van der Waals surface area contributed by atoms with Crippen LogP contribution in [0.15, 0.2) is 5.16 Å². The van der Waals surface area contributed by atoms with Gasteiger partial charge in [0.15, 0.2) is 0 Å². The lowest BCUT2D eigenvalue weighted by Crippen LogP contribution is -2.30. The molecule has 98 valence electrons. The van der Waals surface area contributed by atoms with Crippen LogP contribution in [-0.4, -0.2) is 42.4 Å². The molecule has 1 atom stereocenters. The molecule has 0 aromatic heterocycles. The van der Waals surface area contributed by atoms with E-state index in [0.717, 1.165) is 19.4 Å². The number of carboxylic acids is 1. The van der Waals surface area contributed by atoms with Gasteiger partial charge in [0, 0.05) is 13.5 Å². The third-order valence-corrected chi connectivity index (χ3v) is 1.93. The number of hydrogen-bond donors (Lipinski definition) is 3. The SMILES string of the molecule is CC(=O)ON=CCNCCCC[C@H](N)C(=O)O. The van der Waals surface area contributed by atoms with Crippen molar-refractivity contribution in [2.75, 3.05) is 13.1 Å². The summed E-state index contributed by atoms with van der Waals surface area (Å²) in [5, 5.41) is 15.0. The second-order valence-electron chi connectivity index (χ2n) is 3.52. The van der Waals surface area contributed by atoms with E-state index in [2.05, 4.69) is 15.3 Å². The van der Waals surface area contributed by atoms with E-state index in [1.54, 1.807) is 0 Å². The number of carboxylic acid groups (broad SMARTS) is 1. The molecule has 0 radical (unpaired) electrons. The normalized spacial score (nSPS) is 12.6. The molecular weight excluding hydrogens is 226 g/mol. The first-order valence-electron chi connectivity index (χ1n) is 5.42. The predicted octanol–water partition coefficient (Wildman–Crippen LogP) is -0.293. The van der Waals surface area contributed by atoms with Crippen LogP contribution in [0.1, 0.15) is 26.2 Å². The molecular formula is C10H19N3O4. The van der Waals surface area contributed by atoms with E-state index in [9.17, 15) is 9.59 Å². The van der Waals surface area contributed by atoms with Gasteiger partial charge in [-0.15, -0.1) is 0 Å². The van der Waals surface area contributed by atoms with Gasteiger partial charge in [0.25, 0.3) is 0 Å². The van der Waals surface area contributed by atoms with Crippen LogP contribution in [0.2, 0.25) is 0 Å². The first kappa shape index (κ1) is 15.5. The summed E-state index contributed by atoms with van der Waals surface area (Å²) in [5.41, 5.74) is 5.34. The molecule has 0 aliphatic rings. The number of nitrogens with zero attached hydrogens (tertiary/aromatic N) is 1. The minimum Gasteiger partial charge on any atom is -0.480 e. The largest absolute Gasteiger partial charge is 0.480 e. The highest BCUT2D eigenvalue weighted by molar-refractivity contribution is 5.72. The van der Waals surface area contributed by atoms with Gasteiger partial charge in [-0.1, -0.05) is 11.6 Å². The average molecular weight is 245 g/mol. The van der Waals surface area contributed by atoms with E-state index in [-0.39, 0.29) is 0 Å². The summed E-state index contributed by atoms with van der Waals surface area (Å²) in [7, 11) is 0. The standard InChI is InChI=1S/C10H19N3O4/c1-8(14)17-13-7-6-12-5-3-2-4-9(11)10(15)16/h7,9,12H,2-6,11H2,1H3,(H,15,16)/t9-/m0/s1. The predicted molar refractivity (Wildman–Crippen MR) is 62.6 cm³/mol. The maximum absolute atomic E-state index is 10.4. The number of oxime groups is 1. The first-order valence-corrected chi connectivity index (χ1v) is 5.42. The smallest absolute Gasteiger partial charge is 0.331 e. The van der Waals surface area contributed by atoms with Crippen molar-refractivity contribution in [1.29, 1.82) is 0 Å². The van der Waals surface area contributed by atoms with Crippen LogP contribution in [-0.2, 0) is 14.4 Å². The van der Waals surface area contributed by atoms with Gasteiger partial charge in [0.2, 0.25) is 0 Å².